The lowest BCUT2D eigenvalue weighted by Crippen LogP contribution is -2.32. The fraction of sp³-hybridized carbons (Fsp3) is 1.00. The Hall–Kier alpha value is -0.120. The summed E-state index contributed by atoms with van der Waals surface area (Å²) < 4.78 is 0. The van der Waals surface area contributed by atoms with Crippen LogP contribution in [0, 0.1) is 0 Å². The maximum atomic E-state index is 5.73. The third-order valence-corrected chi connectivity index (χ3v) is 3.45. The first-order valence-corrected chi connectivity index (χ1v) is 6.85. The molecular formula is C13H29N3. The highest BCUT2D eigenvalue weighted by atomic mass is 15.2. The zero-order chi connectivity index (χ0) is 11.8. The summed E-state index contributed by atoms with van der Waals surface area (Å²) in [6.07, 6.45) is 6.53. The van der Waals surface area contributed by atoms with Crippen LogP contribution in [0.3, 0.4) is 0 Å². The second-order valence-corrected chi connectivity index (χ2v) is 5.33. The minimum atomic E-state index is 0.370. The van der Waals surface area contributed by atoms with E-state index in [-0.39, 0.29) is 0 Å². The van der Waals surface area contributed by atoms with Gasteiger partial charge in [0.1, 0.15) is 0 Å². The third kappa shape index (κ3) is 6.46. The van der Waals surface area contributed by atoms with Gasteiger partial charge >= 0.3 is 0 Å². The first-order valence-electron chi connectivity index (χ1n) is 6.85. The second kappa shape index (κ2) is 8.04. The fourth-order valence-electron chi connectivity index (χ4n) is 2.28. The predicted molar refractivity (Wildman–Crippen MR) is 70.7 cm³/mol. The molecule has 0 aromatic carbocycles. The van der Waals surface area contributed by atoms with Crippen LogP contribution in [0.5, 0.6) is 0 Å². The Kier molecular flexibility index (Phi) is 7.01. The van der Waals surface area contributed by atoms with E-state index in [2.05, 4.69) is 23.8 Å². The lowest BCUT2D eigenvalue weighted by Gasteiger charge is -2.21. The molecule has 1 aliphatic heterocycles. The summed E-state index contributed by atoms with van der Waals surface area (Å²) in [6, 6.07) is 0.370. The van der Waals surface area contributed by atoms with Crippen LogP contribution in [-0.2, 0) is 0 Å². The average Bonchev–Trinajstić information content (AvgIpc) is 2.74. The van der Waals surface area contributed by atoms with Gasteiger partial charge in [-0.2, -0.15) is 0 Å². The van der Waals surface area contributed by atoms with Crippen molar-refractivity contribution in [2.24, 2.45) is 5.73 Å². The smallest absolute Gasteiger partial charge is 0.0109 e. The van der Waals surface area contributed by atoms with Crippen molar-refractivity contribution in [3.63, 3.8) is 0 Å². The molecule has 16 heavy (non-hydrogen) atoms. The van der Waals surface area contributed by atoms with Crippen LogP contribution in [0.25, 0.3) is 0 Å². The Morgan fingerprint density at radius 2 is 1.88 bits per heavy atom. The van der Waals surface area contributed by atoms with Gasteiger partial charge in [0.15, 0.2) is 0 Å². The van der Waals surface area contributed by atoms with Crippen molar-refractivity contribution >= 4 is 0 Å². The van der Waals surface area contributed by atoms with E-state index >= 15 is 0 Å². The summed E-state index contributed by atoms with van der Waals surface area (Å²) in [5, 5.41) is 0. The van der Waals surface area contributed by atoms with Gasteiger partial charge in [-0.3, -0.25) is 0 Å². The number of likely N-dealkylation sites (N-methyl/N-ethyl adjacent to an activating group) is 1. The van der Waals surface area contributed by atoms with Gasteiger partial charge in [-0.15, -0.1) is 0 Å². The number of unbranched alkanes of at least 4 members (excludes halogenated alkanes) is 1. The molecule has 1 unspecified atom stereocenters. The van der Waals surface area contributed by atoms with Crippen molar-refractivity contribution in [1.82, 2.24) is 9.80 Å². The van der Waals surface area contributed by atoms with Gasteiger partial charge < -0.3 is 15.5 Å². The Labute approximate surface area is 101 Å². The number of nitrogens with two attached hydrogens (primary N) is 1. The monoisotopic (exact) mass is 227 g/mol. The summed E-state index contributed by atoms with van der Waals surface area (Å²) in [7, 11) is 2.24. The first kappa shape index (κ1) is 13.9. The number of likely N-dealkylation sites (tertiary alicyclic amines) is 1. The zero-order valence-corrected chi connectivity index (χ0v) is 11.1. The molecule has 1 saturated heterocycles. The maximum Gasteiger partial charge on any atom is 0.0109 e. The van der Waals surface area contributed by atoms with E-state index in [9.17, 15) is 0 Å². The molecule has 0 aromatic heterocycles. The van der Waals surface area contributed by atoms with Crippen molar-refractivity contribution in [2.75, 3.05) is 39.8 Å². The molecule has 1 atom stereocenters. The summed E-state index contributed by atoms with van der Waals surface area (Å²) in [5.41, 5.74) is 5.73. The minimum absolute atomic E-state index is 0.370. The van der Waals surface area contributed by atoms with Gasteiger partial charge in [-0.1, -0.05) is 6.42 Å². The van der Waals surface area contributed by atoms with Gasteiger partial charge in [0.2, 0.25) is 0 Å². The molecule has 0 saturated carbocycles. The molecule has 0 bridgehead atoms. The Balaban J connectivity index is 1.91. The lowest BCUT2D eigenvalue weighted by atomic mass is 10.1. The van der Waals surface area contributed by atoms with Gasteiger partial charge in [0.05, 0.1) is 0 Å². The van der Waals surface area contributed by atoms with Gasteiger partial charge in [-0.05, 0) is 59.3 Å². The van der Waals surface area contributed by atoms with Crippen LogP contribution >= 0.6 is 0 Å². The highest BCUT2D eigenvalue weighted by Crippen LogP contribution is 2.06. The molecule has 1 aliphatic rings. The Bertz CT molecular complexity index is 165. The van der Waals surface area contributed by atoms with Crippen molar-refractivity contribution < 1.29 is 0 Å². The summed E-state index contributed by atoms with van der Waals surface area (Å²) >= 11 is 0. The van der Waals surface area contributed by atoms with Crippen LogP contribution in [-0.4, -0.2) is 55.6 Å². The molecule has 0 radical (unpaired) electrons. The first-order chi connectivity index (χ1) is 7.68. The predicted octanol–water partition coefficient (Wildman–Crippen LogP) is 1.53. The molecule has 1 rings (SSSR count). The van der Waals surface area contributed by atoms with Gasteiger partial charge in [-0.25, -0.2) is 0 Å². The van der Waals surface area contributed by atoms with E-state index in [1.54, 1.807) is 0 Å². The highest BCUT2D eigenvalue weighted by Gasteiger charge is 2.11. The largest absolute Gasteiger partial charge is 0.328 e. The molecule has 0 spiro atoms. The lowest BCUT2D eigenvalue weighted by molar-refractivity contribution is 0.253. The number of rotatable bonds is 8. The van der Waals surface area contributed by atoms with Crippen LogP contribution in [0.4, 0.5) is 0 Å². The molecular weight excluding hydrogens is 198 g/mol. The summed E-state index contributed by atoms with van der Waals surface area (Å²) in [5.74, 6) is 0. The van der Waals surface area contributed by atoms with Crippen LogP contribution in [0.15, 0.2) is 0 Å². The molecule has 1 fully saturated rings. The molecule has 0 aliphatic carbocycles. The average molecular weight is 227 g/mol. The standard InChI is InChI=1S/C13H29N3/c1-13(14)7-3-4-8-15(2)11-12-16-9-5-6-10-16/h13H,3-12,14H2,1-2H3. The highest BCUT2D eigenvalue weighted by molar-refractivity contribution is 4.67. The van der Waals surface area contributed by atoms with E-state index < -0.39 is 0 Å². The Morgan fingerprint density at radius 3 is 2.50 bits per heavy atom. The Morgan fingerprint density at radius 1 is 1.19 bits per heavy atom. The molecule has 3 heteroatoms. The quantitative estimate of drug-likeness (QED) is 0.638. The fourth-order valence-corrected chi connectivity index (χ4v) is 2.28. The maximum absolute atomic E-state index is 5.73. The van der Waals surface area contributed by atoms with E-state index in [4.69, 9.17) is 5.73 Å². The van der Waals surface area contributed by atoms with Crippen molar-refractivity contribution in [3.05, 3.63) is 0 Å². The topological polar surface area (TPSA) is 32.5 Å². The van der Waals surface area contributed by atoms with E-state index in [0.29, 0.717) is 6.04 Å². The summed E-state index contributed by atoms with van der Waals surface area (Å²) in [4.78, 5) is 5.04. The number of hydrogen-bond donors (Lipinski definition) is 1. The van der Waals surface area contributed by atoms with E-state index in [1.807, 2.05) is 0 Å². The number of hydrogen-bond acceptors (Lipinski definition) is 3. The van der Waals surface area contributed by atoms with E-state index in [1.165, 1.54) is 64.8 Å². The van der Waals surface area contributed by atoms with Crippen molar-refractivity contribution in [3.8, 4) is 0 Å². The normalized spacial score (nSPS) is 19.5. The molecule has 2 N–H and O–H groups in total. The van der Waals surface area contributed by atoms with Crippen LogP contribution in [0.1, 0.15) is 39.0 Å². The van der Waals surface area contributed by atoms with Gasteiger partial charge in [0, 0.05) is 19.1 Å². The van der Waals surface area contributed by atoms with Crippen LogP contribution < -0.4 is 5.73 Å². The third-order valence-electron chi connectivity index (χ3n) is 3.45. The molecule has 3 nitrogen and oxygen atoms in total. The second-order valence-electron chi connectivity index (χ2n) is 5.33. The van der Waals surface area contributed by atoms with Crippen molar-refractivity contribution in [1.29, 1.82) is 0 Å². The number of nitrogens with zero attached hydrogens (tertiary/aromatic N) is 2. The minimum Gasteiger partial charge on any atom is -0.328 e. The SMILES string of the molecule is CC(N)CCCCN(C)CCN1CCCC1. The van der Waals surface area contributed by atoms with E-state index in [0.717, 1.165) is 0 Å². The van der Waals surface area contributed by atoms with Crippen molar-refractivity contribution in [2.45, 2.75) is 45.1 Å². The summed E-state index contributed by atoms with van der Waals surface area (Å²) in [6.45, 7) is 8.43. The molecule has 1 heterocycles. The molecule has 0 aromatic rings. The zero-order valence-electron chi connectivity index (χ0n) is 11.1. The van der Waals surface area contributed by atoms with Gasteiger partial charge in [0.25, 0.3) is 0 Å². The molecule has 0 amide bonds. The molecule has 96 valence electrons. The van der Waals surface area contributed by atoms with Crippen LogP contribution in [0.2, 0.25) is 0 Å².